The Labute approximate surface area is 188 Å². The van der Waals surface area contributed by atoms with Crippen LogP contribution in [0.2, 0.25) is 0 Å². The van der Waals surface area contributed by atoms with Crippen molar-refractivity contribution in [2.75, 3.05) is 18.1 Å². The summed E-state index contributed by atoms with van der Waals surface area (Å²) in [5.41, 5.74) is 4.24. The Morgan fingerprint density at radius 3 is 2.66 bits per heavy atom. The molecule has 1 amide bonds. The summed E-state index contributed by atoms with van der Waals surface area (Å²) in [7, 11) is 0. The summed E-state index contributed by atoms with van der Waals surface area (Å²) in [6.45, 7) is 8.30. The van der Waals surface area contributed by atoms with E-state index in [4.69, 9.17) is 9.15 Å². The molecule has 0 N–H and O–H groups in total. The molecule has 0 aliphatic carbocycles. The molecule has 0 radical (unpaired) electrons. The second-order valence-corrected chi connectivity index (χ2v) is 8.62. The highest BCUT2D eigenvalue weighted by Crippen LogP contribution is 2.38. The fourth-order valence-corrected chi connectivity index (χ4v) is 4.27. The Balaban J connectivity index is 1.67. The first-order valence-electron chi connectivity index (χ1n) is 10.9. The molecule has 6 heteroatoms. The van der Waals surface area contributed by atoms with Crippen LogP contribution in [0.4, 0.5) is 5.69 Å². The van der Waals surface area contributed by atoms with Crippen LogP contribution in [0.1, 0.15) is 47.4 Å². The first-order chi connectivity index (χ1) is 15.3. The van der Waals surface area contributed by atoms with Crippen LogP contribution in [0.3, 0.4) is 0 Å². The Morgan fingerprint density at radius 2 is 1.97 bits per heavy atom. The highest BCUT2D eigenvalue weighted by Gasteiger charge is 2.39. The van der Waals surface area contributed by atoms with Gasteiger partial charge in [-0.3, -0.25) is 9.59 Å². The van der Waals surface area contributed by atoms with Crippen molar-refractivity contribution in [3.05, 3.63) is 71.1 Å². The Bertz CT molecular complexity index is 1170. The predicted octanol–water partition coefficient (Wildman–Crippen LogP) is 5.12. The van der Waals surface area contributed by atoms with Crippen molar-refractivity contribution in [1.29, 1.82) is 0 Å². The zero-order valence-electron chi connectivity index (χ0n) is 19.0. The zero-order chi connectivity index (χ0) is 22.9. The average Bonchev–Trinajstić information content (AvgIpc) is 3.14. The molecule has 1 aliphatic rings. The van der Waals surface area contributed by atoms with Crippen LogP contribution in [0.15, 0.2) is 53.1 Å². The van der Waals surface area contributed by atoms with Gasteiger partial charge < -0.3 is 14.1 Å². The van der Waals surface area contributed by atoms with Gasteiger partial charge in [0.1, 0.15) is 6.26 Å². The molecule has 166 valence electrons. The first kappa shape index (κ1) is 21.8. The summed E-state index contributed by atoms with van der Waals surface area (Å²) in [6, 6.07) is 13.4. The Hall–Kier alpha value is -3.41. The van der Waals surface area contributed by atoms with Crippen molar-refractivity contribution in [2.24, 2.45) is 5.41 Å². The van der Waals surface area contributed by atoms with Crippen LogP contribution in [0, 0.1) is 19.3 Å². The average molecular weight is 433 g/mol. The maximum Gasteiger partial charge on any atom is 0.312 e. The molecular weight excluding hydrogens is 404 g/mol. The Kier molecular flexibility index (Phi) is 5.87. The molecule has 2 heterocycles. The van der Waals surface area contributed by atoms with E-state index in [0.717, 1.165) is 28.1 Å². The fourth-order valence-electron chi connectivity index (χ4n) is 4.27. The number of hydrogen-bond acceptors (Lipinski definition) is 5. The highest BCUT2D eigenvalue weighted by atomic mass is 16.5. The third kappa shape index (κ3) is 4.05. The number of amides is 1. The molecule has 0 saturated carbocycles. The van der Waals surface area contributed by atoms with Gasteiger partial charge in [-0.15, -0.1) is 0 Å². The van der Waals surface area contributed by atoms with E-state index < -0.39 is 5.41 Å². The summed E-state index contributed by atoms with van der Waals surface area (Å²) < 4.78 is 10.9. The van der Waals surface area contributed by atoms with E-state index in [2.05, 4.69) is 4.98 Å². The van der Waals surface area contributed by atoms with Crippen molar-refractivity contribution < 1.29 is 18.7 Å². The van der Waals surface area contributed by atoms with E-state index in [9.17, 15) is 9.59 Å². The fraction of sp³-hybridized carbons (Fsp3) is 0.346. The standard InChI is InChI=1S/C26H28N2O4/c1-5-31-25(30)26(4)12-13-28(22-9-7-6-8-20(22)15-26)24(29)21-11-10-19(14-17(21)2)23-27-18(3)16-32-23/h6-11,14,16H,5,12-13,15H2,1-4H3. The zero-order valence-corrected chi connectivity index (χ0v) is 19.0. The second kappa shape index (κ2) is 8.61. The molecule has 4 rings (SSSR count). The lowest BCUT2D eigenvalue weighted by Crippen LogP contribution is -2.36. The van der Waals surface area contributed by atoms with E-state index in [1.165, 1.54) is 0 Å². The highest BCUT2D eigenvalue weighted by molar-refractivity contribution is 6.08. The molecule has 32 heavy (non-hydrogen) atoms. The molecule has 1 aromatic heterocycles. The topological polar surface area (TPSA) is 72.6 Å². The number of carbonyl (C=O) groups is 2. The number of carbonyl (C=O) groups excluding carboxylic acids is 2. The van der Waals surface area contributed by atoms with Gasteiger partial charge in [0, 0.05) is 23.4 Å². The maximum absolute atomic E-state index is 13.7. The molecule has 2 aromatic carbocycles. The summed E-state index contributed by atoms with van der Waals surface area (Å²) >= 11 is 0. The summed E-state index contributed by atoms with van der Waals surface area (Å²) in [6.07, 6.45) is 2.67. The van der Waals surface area contributed by atoms with Crippen LogP contribution in [-0.2, 0) is 16.0 Å². The van der Waals surface area contributed by atoms with Crippen LogP contribution in [0.25, 0.3) is 11.5 Å². The number of ether oxygens (including phenoxy) is 1. The monoisotopic (exact) mass is 432 g/mol. The molecule has 0 spiro atoms. The number of aryl methyl sites for hydroxylation is 2. The van der Waals surface area contributed by atoms with Crippen LogP contribution < -0.4 is 4.90 Å². The van der Waals surface area contributed by atoms with E-state index >= 15 is 0 Å². The molecule has 6 nitrogen and oxygen atoms in total. The number of rotatable bonds is 4. The second-order valence-electron chi connectivity index (χ2n) is 8.62. The number of aromatic nitrogens is 1. The van der Waals surface area contributed by atoms with Gasteiger partial charge in [0.25, 0.3) is 5.91 Å². The van der Waals surface area contributed by atoms with Gasteiger partial charge in [-0.25, -0.2) is 4.98 Å². The maximum atomic E-state index is 13.7. The molecule has 0 saturated heterocycles. The van der Waals surface area contributed by atoms with E-state index in [1.807, 2.05) is 70.2 Å². The van der Waals surface area contributed by atoms with Gasteiger partial charge in [-0.05, 0) is 75.9 Å². The van der Waals surface area contributed by atoms with Crippen LogP contribution >= 0.6 is 0 Å². The first-order valence-corrected chi connectivity index (χ1v) is 10.9. The lowest BCUT2D eigenvalue weighted by atomic mass is 9.81. The van der Waals surface area contributed by atoms with Gasteiger partial charge >= 0.3 is 5.97 Å². The SMILES string of the molecule is CCOC(=O)C1(C)CCN(C(=O)c2ccc(-c3nc(C)co3)cc2C)c2ccccc2C1. The molecular formula is C26H28N2O4. The lowest BCUT2D eigenvalue weighted by molar-refractivity contribution is -0.154. The number of hydrogen-bond donors (Lipinski definition) is 0. The number of esters is 1. The third-order valence-electron chi connectivity index (χ3n) is 6.09. The summed E-state index contributed by atoms with van der Waals surface area (Å²) in [4.78, 5) is 32.5. The number of nitrogens with zero attached hydrogens (tertiary/aromatic N) is 2. The summed E-state index contributed by atoms with van der Waals surface area (Å²) in [5.74, 6) is 0.235. The van der Waals surface area contributed by atoms with E-state index in [0.29, 0.717) is 37.4 Å². The van der Waals surface area contributed by atoms with Gasteiger partial charge in [-0.1, -0.05) is 18.2 Å². The molecule has 0 fully saturated rings. The van der Waals surface area contributed by atoms with Crippen molar-refractivity contribution in [2.45, 2.75) is 40.5 Å². The molecule has 3 aromatic rings. The number of anilines is 1. The number of oxazole rings is 1. The molecule has 1 atom stereocenters. The van der Waals surface area contributed by atoms with Crippen LogP contribution in [-0.4, -0.2) is 30.0 Å². The van der Waals surface area contributed by atoms with Gasteiger partial charge in [0.05, 0.1) is 17.7 Å². The molecule has 0 bridgehead atoms. The van der Waals surface area contributed by atoms with Crippen molar-refractivity contribution in [3.8, 4) is 11.5 Å². The largest absolute Gasteiger partial charge is 0.466 e. The smallest absolute Gasteiger partial charge is 0.312 e. The van der Waals surface area contributed by atoms with Gasteiger partial charge in [-0.2, -0.15) is 0 Å². The van der Waals surface area contributed by atoms with E-state index in [1.54, 1.807) is 11.2 Å². The van der Waals surface area contributed by atoms with Crippen molar-refractivity contribution in [3.63, 3.8) is 0 Å². The lowest BCUT2D eigenvalue weighted by Gasteiger charge is -2.26. The van der Waals surface area contributed by atoms with Crippen molar-refractivity contribution in [1.82, 2.24) is 4.98 Å². The Morgan fingerprint density at radius 1 is 1.19 bits per heavy atom. The minimum atomic E-state index is -0.678. The predicted molar refractivity (Wildman–Crippen MR) is 123 cm³/mol. The van der Waals surface area contributed by atoms with Crippen LogP contribution in [0.5, 0.6) is 0 Å². The van der Waals surface area contributed by atoms with Crippen molar-refractivity contribution >= 4 is 17.6 Å². The number of benzene rings is 2. The van der Waals surface area contributed by atoms with Gasteiger partial charge in [0.15, 0.2) is 0 Å². The normalized spacial score (nSPS) is 18.1. The van der Waals surface area contributed by atoms with E-state index in [-0.39, 0.29) is 11.9 Å². The number of para-hydroxylation sites is 1. The third-order valence-corrected chi connectivity index (χ3v) is 6.09. The minimum Gasteiger partial charge on any atom is -0.466 e. The quantitative estimate of drug-likeness (QED) is 0.535. The summed E-state index contributed by atoms with van der Waals surface area (Å²) in [5, 5.41) is 0. The molecule has 1 unspecified atom stereocenters. The molecule has 1 aliphatic heterocycles. The minimum absolute atomic E-state index is 0.0850. The number of fused-ring (bicyclic) bond motifs is 1. The van der Waals surface area contributed by atoms with Gasteiger partial charge in [0.2, 0.25) is 5.89 Å².